The fourth-order valence-corrected chi connectivity index (χ4v) is 2.66. The molecule has 0 aliphatic heterocycles. The first kappa shape index (κ1) is 18.3. The first-order valence-electron chi connectivity index (χ1n) is 7.43. The van der Waals surface area contributed by atoms with Crippen LogP contribution < -0.4 is 15.4 Å². The summed E-state index contributed by atoms with van der Waals surface area (Å²) in [5, 5.41) is 14.8. The molecule has 2 aromatic carbocycles. The quantitative estimate of drug-likeness (QED) is 0.734. The lowest BCUT2D eigenvalue weighted by Gasteiger charge is -2.16. The second-order valence-corrected chi connectivity index (χ2v) is 7.21. The smallest absolute Gasteiger partial charge is 0.246 e. The Bertz CT molecular complexity index is 902. The fourth-order valence-electron chi connectivity index (χ4n) is 2.09. The van der Waals surface area contributed by atoms with Gasteiger partial charge in [0.25, 0.3) is 0 Å². The molecule has 0 radical (unpaired) electrons. The summed E-state index contributed by atoms with van der Waals surface area (Å²) in [4.78, 5) is 12.3. The number of hydrogen-bond donors (Lipinski definition) is 3. The van der Waals surface area contributed by atoms with Gasteiger partial charge in [-0.05, 0) is 43.3 Å². The Hall–Kier alpha value is -3.05. The molecule has 8 heteroatoms. The van der Waals surface area contributed by atoms with Crippen LogP contribution in [-0.2, 0) is 14.8 Å². The third-order valence-corrected chi connectivity index (χ3v) is 3.88. The van der Waals surface area contributed by atoms with Crippen LogP contribution in [0.15, 0.2) is 48.5 Å². The summed E-state index contributed by atoms with van der Waals surface area (Å²) in [6, 6.07) is 14.7. The van der Waals surface area contributed by atoms with Gasteiger partial charge < -0.3 is 10.6 Å². The van der Waals surface area contributed by atoms with Crippen molar-refractivity contribution < 1.29 is 13.2 Å². The summed E-state index contributed by atoms with van der Waals surface area (Å²) in [6.07, 6.45) is 1.07. The average Bonchev–Trinajstić information content (AvgIpc) is 2.55. The molecule has 0 saturated carbocycles. The van der Waals surface area contributed by atoms with Crippen molar-refractivity contribution in [3.05, 3.63) is 54.1 Å². The van der Waals surface area contributed by atoms with Crippen LogP contribution in [0, 0.1) is 11.3 Å². The molecule has 25 heavy (non-hydrogen) atoms. The lowest BCUT2D eigenvalue weighted by Crippen LogP contribution is -2.32. The number of benzene rings is 2. The molecule has 0 spiro atoms. The Kier molecular flexibility index (Phi) is 5.62. The molecule has 0 aliphatic carbocycles. The van der Waals surface area contributed by atoms with E-state index in [0.717, 1.165) is 6.26 Å². The average molecular weight is 358 g/mol. The van der Waals surface area contributed by atoms with Gasteiger partial charge in [-0.2, -0.15) is 5.26 Å². The second-order valence-electron chi connectivity index (χ2n) is 5.46. The molecule has 0 bridgehead atoms. The lowest BCUT2D eigenvalue weighted by molar-refractivity contribution is -0.116. The van der Waals surface area contributed by atoms with Crippen molar-refractivity contribution in [2.45, 2.75) is 13.0 Å². The minimum absolute atomic E-state index is 0.291. The highest BCUT2D eigenvalue weighted by Crippen LogP contribution is 2.17. The standard InChI is InChI=1S/C17H18N4O3S/c1-12(17(22)20-16-6-4-3-5-13(16)11-18)19-14-7-9-15(10-8-14)21-25(2,23)24/h3-10,12,19,21H,1-2H3,(H,20,22). The van der Waals surface area contributed by atoms with Crippen molar-refractivity contribution in [1.82, 2.24) is 0 Å². The van der Waals surface area contributed by atoms with Gasteiger partial charge in [-0.15, -0.1) is 0 Å². The number of carbonyl (C=O) groups excluding carboxylic acids is 1. The SMILES string of the molecule is CC(Nc1ccc(NS(C)(=O)=O)cc1)C(=O)Nc1ccccc1C#N. The molecule has 3 N–H and O–H groups in total. The van der Waals surface area contributed by atoms with Gasteiger partial charge in [0.1, 0.15) is 12.1 Å². The van der Waals surface area contributed by atoms with Crippen molar-refractivity contribution in [1.29, 1.82) is 5.26 Å². The first-order valence-corrected chi connectivity index (χ1v) is 9.32. The molecular weight excluding hydrogens is 340 g/mol. The van der Waals surface area contributed by atoms with E-state index in [2.05, 4.69) is 15.4 Å². The molecule has 0 aliphatic rings. The van der Waals surface area contributed by atoms with E-state index in [9.17, 15) is 13.2 Å². The molecule has 7 nitrogen and oxygen atoms in total. The Labute approximate surface area is 146 Å². The van der Waals surface area contributed by atoms with Gasteiger partial charge in [0.05, 0.1) is 17.5 Å². The van der Waals surface area contributed by atoms with Gasteiger partial charge in [-0.25, -0.2) is 8.42 Å². The molecule has 0 saturated heterocycles. The zero-order chi connectivity index (χ0) is 18.4. The number of carbonyl (C=O) groups is 1. The number of para-hydroxylation sites is 1. The van der Waals surface area contributed by atoms with E-state index >= 15 is 0 Å². The van der Waals surface area contributed by atoms with E-state index in [0.29, 0.717) is 22.6 Å². The van der Waals surface area contributed by atoms with Crippen LogP contribution in [0.1, 0.15) is 12.5 Å². The summed E-state index contributed by atoms with van der Waals surface area (Å²) in [5.41, 5.74) is 1.94. The number of hydrogen-bond acceptors (Lipinski definition) is 5. The predicted molar refractivity (Wildman–Crippen MR) is 97.8 cm³/mol. The summed E-state index contributed by atoms with van der Waals surface area (Å²) in [7, 11) is -3.33. The highest BCUT2D eigenvalue weighted by Gasteiger charge is 2.14. The van der Waals surface area contributed by atoms with Crippen LogP contribution in [0.2, 0.25) is 0 Å². The van der Waals surface area contributed by atoms with Crippen LogP contribution >= 0.6 is 0 Å². The van der Waals surface area contributed by atoms with E-state index in [1.165, 1.54) is 0 Å². The highest BCUT2D eigenvalue weighted by molar-refractivity contribution is 7.92. The summed E-state index contributed by atoms with van der Waals surface area (Å²) >= 11 is 0. The number of nitrogens with zero attached hydrogens (tertiary/aromatic N) is 1. The number of nitriles is 1. The van der Waals surface area contributed by atoms with E-state index in [1.807, 2.05) is 6.07 Å². The number of sulfonamides is 1. The van der Waals surface area contributed by atoms with Crippen LogP contribution in [0.5, 0.6) is 0 Å². The zero-order valence-corrected chi connectivity index (χ0v) is 14.6. The fraction of sp³-hybridized carbons (Fsp3) is 0.176. The molecule has 2 aromatic rings. The molecule has 2 rings (SSSR count). The Morgan fingerprint density at radius 2 is 1.68 bits per heavy atom. The van der Waals surface area contributed by atoms with Crippen LogP contribution in [0.3, 0.4) is 0 Å². The summed E-state index contributed by atoms with van der Waals surface area (Å²) in [6.45, 7) is 1.69. The largest absolute Gasteiger partial charge is 0.374 e. The number of amides is 1. The van der Waals surface area contributed by atoms with Crippen LogP contribution in [0.4, 0.5) is 17.1 Å². The molecule has 0 heterocycles. The Morgan fingerprint density at radius 3 is 2.28 bits per heavy atom. The van der Waals surface area contributed by atoms with Crippen molar-refractivity contribution in [3.8, 4) is 6.07 Å². The monoisotopic (exact) mass is 358 g/mol. The van der Waals surface area contributed by atoms with Gasteiger partial charge in [0, 0.05) is 11.4 Å². The second kappa shape index (κ2) is 7.68. The van der Waals surface area contributed by atoms with E-state index in [4.69, 9.17) is 5.26 Å². The van der Waals surface area contributed by atoms with Gasteiger partial charge in [0.15, 0.2) is 0 Å². The minimum atomic E-state index is -3.33. The molecule has 1 unspecified atom stereocenters. The van der Waals surface area contributed by atoms with Gasteiger partial charge in [-0.3, -0.25) is 9.52 Å². The Balaban J connectivity index is 2.00. The van der Waals surface area contributed by atoms with Gasteiger partial charge in [-0.1, -0.05) is 12.1 Å². The van der Waals surface area contributed by atoms with Crippen LogP contribution in [0.25, 0.3) is 0 Å². The maximum Gasteiger partial charge on any atom is 0.246 e. The number of anilines is 3. The van der Waals surface area contributed by atoms with Gasteiger partial charge in [0.2, 0.25) is 15.9 Å². The van der Waals surface area contributed by atoms with Crippen molar-refractivity contribution >= 4 is 33.0 Å². The first-order chi connectivity index (χ1) is 11.8. The van der Waals surface area contributed by atoms with Crippen molar-refractivity contribution in [3.63, 3.8) is 0 Å². The number of rotatable bonds is 6. The van der Waals surface area contributed by atoms with E-state index in [-0.39, 0.29) is 5.91 Å². The summed E-state index contributed by atoms with van der Waals surface area (Å²) < 4.78 is 24.7. The molecule has 130 valence electrons. The molecular formula is C17H18N4O3S. The van der Waals surface area contributed by atoms with Crippen LogP contribution in [-0.4, -0.2) is 26.6 Å². The Morgan fingerprint density at radius 1 is 1.08 bits per heavy atom. The molecule has 1 atom stereocenters. The number of nitrogens with one attached hydrogen (secondary N) is 3. The maximum atomic E-state index is 12.3. The van der Waals surface area contributed by atoms with E-state index < -0.39 is 16.1 Å². The minimum Gasteiger partial charge on any atom is -0.374 e. The third-order valence-electron chi connectivity index (χ3n) is 3.27. The maximum absolute atomic E-state index is 12.3. The zero-order valence-electron chi connectivity index (χ0n) is 13.8. The molecule has 1 amide bonds. The summed E-state index contributed by atoms with van der Waals surface area (Å²) in [5.74, 6) is -0.291. The highest BCUT2D eigenvalue weighted by atomic mass is 32.2. The predicted octanol–water partition coefficient (Wildman–Crippen LogP) is 2.37. The molecule has 0 fully saturated rings. The topological polar surface area (TPSA) is 111 Å². The molecule has 0 aromatic heterocycles. The normalized spacial score (nSPS) is 11.9. The third kappa shape index (κ3) is 5.51. The van der Waals surface area contributed by atoms with Gasteiger partial charge >= 0.3 is 0 Å². The lowest BCUT2D eigenvalue weighted by atomic mass is 10.2. The van der Waals surface area contributed by atoms with Crippen molar-refractivity contribution in [2.24, 2.45) is 0 Å². The van der Waals surface area contributed by atoms with E-state index in [1.54, 1.807) is 55.5 Å². The van der Waals surface area contributed by atoms with Crippen molar-refractivity contribution in [2.75, 3.05) is 21.6 Å².